The fourth-order valence-electron chi connectivity index (χ4n) is 2.50. The third-order valence-corrected chi connectivity index (χ3v) is 3.34. The van der Waals surface area contributed by atoms with E-state index in [0.717, 1.165) is 41.7 Å². The molecule has 0 radical (unpaired) electrons. The van der Waals surface area contributed by atoms with Gasteiger partial charge in [-0.1, -0.05) is 18.2 Å². The zero-order valence-corrected chi connectivity index (χ0v) is 9.61. The summed E-state index contributed by atoms with van der Waals surface area (Å²) in [5.74, 6) is 1.13. The third kappa shape index (κ3) is 1.80. The molecule has 0 saturated carbocycles. The van der Waals surface area contributed by atoms with Gasteiger partial charge in [-0.25, -0.2) is 0 Å². The molecule has 2 nitrogen and oxygen atoms in total. The first-order valence-corrected chi connectivity index (χ1v) is 6.05. The fourth-order valence-corrected chi connectivity index (χ4v) is 2.50. The minimum Gasteiger partial charge on any atom is -0.464 e. The number of ketones is 1. The number of hydrogen-bond donors (Lipinski definition) is 0. The van der Waals surface area contributed by atoms with Crippen molar-refractivity contribution in [2.45, 2.75) is 25.7 Å². The van der Waals surface area contributed by atoms with Gasteiger partial charge >= 0.3 is 0 Å². The van der Waals surface area contributed by atoms with Crippen LogP contribution in [0.1, 0.15) is 35.2 Å². The minimum absolute atomic E-state index is 0.269. The molecule has 1 aromatic heterocycles. The molecule has 3 rings (SSSR count). The molecule has 1 aliphatic rings. The molecule has 0 bridgehead atoms. The highest BCUT2D eigenvalue weighted by Gasteiger charge is 2.19. The summed E-state index contributed by atoms with van der Waals surface area (Å²) >= 11 is 0. The van der Waals surface area contributed by atoms with Gasteiger partial charge in [-0.15, -0.1) is 0 Å². The van der Waals surface area contributed by atoms with E-state index in [2.05, 4.69) is 0 Å². The van der Waals surface area contributed by atoms with Gasteiger partial charge in [0.2, 0.25) is 0 Å². The zero-order valence-electron chi connectivity index (χ0n) is 9.61. The van der Waals surface area contributed by atoms with Gasteiger partial charge < -0.3 is 4.42 Å². The van der Waals surface area contributed by atoms with Crippen LogP contribution in [0.3, 0.4) is 0 Å². The van der Waals surface area contributed by atoms with Crippen molar-refractivity contribution in [3.8, 4) is 11.3 Å². The van der Waals surface area contributed by atoms with Crippen LogP contribution in [-0.4, -0.2) is 5.78 Å². The smallest absolute Gasteiger partial charge is 0.163 e. The number of hydrogen-bond acceptors (Lipinski definition) is 2. The Morgan fingerprint density at radius 2 is 1.76 bits per heavy atom. The Bertz CT molecular complexity index is 538. The van der Waals surface area contributed by atoms with E-state index in [9.17, 15) is 4.79 Å². The molecule has 0 aliphatic heterocycles. The Labute approximate surface area is 100 Å². The van der Waals surface area contributed by atoms with Gasteiger partial charge in [-0.05, 0) is 37.0 Å². The Balaban J connectivity index is 2.18. The summed E-state index contributed by atoms with van der Waals surface area (Å²) in [4.78, 5) is 12.0. The molecule has 0 spiro atoms. The molecule has 1 aromatic carbocycles. The quantitative estimate of drug-likeness (QED) is 0.691. The lowest BCUT2D eigenvalue weighted by molar-refractivity contribution is 0.0982. The molecule has 0 unspecified atom stereocenters. The van der Waals surface area contributed by atoms with Crippen molar-refractivity contribution in [1.82, 2.24) is 0 Å². The van der Waals surface area contributed by atoms with E-state index < -0.39 is 0 Å². The summed E-state index contributed by atoms with van der Waals surface area (Å²) in [5.41, 5.74) is 3.11. The van der Waals surface area contributed by atoms with Gasteiger partial charge in [0.15, 0.2) is 5.78 Å². The molecule has 0 atom stereocenters. The fraction of sp³-hybridized carbons (Fsp3) is 0.267. The predicted molar refractivity (Wildman–Crippen MR) is 66.0 cm³/mol. The van der Waals surface area contributed by atoms with Crippen LogP contribution in [0.5, 0.6) is 0 Å². The van der Waals surface area contributed by atoms with Crippen LogP contribution in [0, 0.1) is 0 Å². The van der Waals surface area contributed by atoms with Gasteiger partial charge in [0.25, 0.3) is 0 Å². The van der Waals surface area contributed by atoms with Gasteiger partial charge in [0.05, 0.1) is 6.26 Å². The van der Waals surface area contributed by atoms with Crippen LogP contribution >= 0.6 is 0 Å². The highest BCUT2D eigenvalue weighted by molar-refractivity contribution is 5.99. The standard InChI is InChI=1S/C15H14O2/c16-14-8-2-1-5-11-12(14)6-3-7-13(11)15-9-4-10-17-15/h3-4,6-7,9-10H,1-2,5,8H2. The molecule has 0 amide bonds. The van der Waals surface area contributed by atoms with Gasteiger partial charge in [-0.2, -0.15) is 0 Å². The number of furan rings is 1. The third-order valence-electron chi connectivity index (χ3n) is 3.34. The molecule has 0 fully saturated rings. The van der Waals surface area contributed by atoms with Crippen molar-refractivity contribution in [3.63, 3.8) is 0 Å². The predicted octanol–water partition coefficient (Wildman–Crippen LogP) is 3.86. The summed E-state index contributed by atoms with van der Waals surface area (Å²) in [6, 6.07) is 9.75. The number of Topliss-reactive ketones (excluding diaryl/α,β-unsaturated/α-hetero) is 1. The Morgan fingerprint density at radius 3 is 2.59 bits per heavy atom. The molecule has 86 valence electrons. The monoisotopic (exact) mass is 226 g/mol. The van der Waals surface area contributed by atoms with E-state index in [1.807, 2.05) is 30.3 Å². The molecular weight excluding hydrogens is 212 g/mol. The van der Waals surface area contributed by atoms with E-state index in [1.54, 1.807) is 6.26 Å². The van der Waals surface area contributed by atoms with Crippen LogP contribution in [0.4, 0.5) is 0 Å². The first-order valence-electron chi connectivity index (χ1n) is 6.05. The number of benzene rings is 1. The molecule has 1 aliphatic carbocycles. The molecule has 2 aromatic rings. The minimum atomic E-state index is 0.269. The van der Waals surface area contributed by atoms with Crippen molar-refractivity contribution in [2.24, 2.45) is 0 Å². The zero-order chi connectivity index (χ0) is 11.7. The van der Waals surface area contributed by atoms with Gasteiger partial charge in [0.1, 0.15) is 5.76 Å². The SMILES string of the molecule is O=C1CCCCc2c1cccc2-c1ccco1. The maximum absolute atomic E-state index is 12.0. The number of rotatable bonds is 1. The van der Waals surface area contributed by atoms with Crippen LogP contribution in [0.25, 0.3) is 11.3 Å². The van der Waals surface area contributed by atoms with Crippen molar-refractivity contribution < 1.29 is 9.21 Å². The Kier molecular flexibility index (Phi) is 2.56. The lowest BCUT2D eigenvalue weighted by Gasteiger charge is -2.09. The molecular formula is C15H14O2. The molecule has 2 heteroatoms. The second-order valence-corrected chi connectivity index (χ2v) is 4.44. The highest BCUT2D eigenvalue weighted by atomic mass is 16.3. The molecule has 0 saturated heterocycles. The van der Waals surface area contributed by atoms with Crippen LogP contribution in [0.15, 0.2) is 41.0 Å². The summed E-state index contributed by atoms with van der Waals surface area (Å²) in [6.45, 7) is 0. The van der Waals surface area contributed by atoms with Crippen molar-refractivity contribution in [1.29, 1.82) is 0 Å². The van der Waals surface area contributed by atoms with Gasteiger partial charge in [-0.3, -0.25) is 4.79 Å². The Morgan fingerprint density at radius 1 is 0.941 bits per heavy atom. The maximum atomic E-state index is 12.0. The van der Waals surface area contributed by atoms with E-state index in [4.69, 9.17) is 4.42 Å². The summed E-state index contributed by atoms with van der Waals surface area (Å²) in [7, 11) is 0. The second kappa shape index (κ2) is 4.21. The van der Waals surface area contributed by atoms with Crippen molar-refractivity contribution in [3.05, 3.63) is 47.7 Å². The highest BCUT2D eigenvalue weighted by Crippen LogP contribution is 2.31. The maximum Gasteiger partial charge on any atom is 0.163 e. The first-order chi connectivity index (χ1) is 8.36. The van der Waals surface area contributed by atoms with E-state index in [-0.39, 0.29) is 5.78 Å². The molecule has 17 heavy (non-hydrogen) atoms. The lowest BCUT2D eigenvalue weighted by atomic mass is 9.95. The largest absolute Gasteiger partial charge is 0.464 e. The molecule has 1 heterocycles. The van der Waals surface area contributed by atoms with Crippen molar-refractivity contribution in [2.75, 3.05) is 0 Å². The van der Waals surface area contributed by atoms with Crippen molar-refractivity contribution >= 4 is 5.78 Å². The second-order valence-electron chi connectivity index (χ2n) is 4.44. The normalized spacial score (nSPS) is 15.4. The van der Waals surface area contributed by atoms with Crippen LogP contribution in [0.2, 0.25) is 0 Å². The van der Waals surface area contributed by atoms with E-state index in [0.29, 0.717) is 6.42 Å². The first kappa shape index (κ1) is 10.3. The topological polar surface area (TPSA) is 30.2 Å². The summed E-state index contributed by atoms with van der Waals surface area (Å²) < 4.78 is 5.45. The average molecular weight is 226 g/mol. The summed E-state index contributed by atoms with van der Waals surface area (Å²) in [5, 5.41) is 0. The lowest BCUT2D eigenvalue weighted by Crippen LogP contribution is -2.01. The van der Waals surface area contributed by atoms with E-state index in [1.165, 1.54) is 0 Å². The van der Waals surface area contributed by atoms with E-state index >= 15 is 0 Å². The molecule has 0 N–H and O–H groups in total. The Hall–Kier alpha value is -1.83. The number of carbonyl (C=O) groups is 1. The van der Waals surface area contributed by atoms with Crippen LogP contribution in [-0.2, 0) is 6.42 Å². The number of fused-ring (bicyclic) bond motifs is 1. The number of carbonyl (C=O) groups excluding carboxylic acids is 1. The summed E-state index contributed by atoms with van der Waals surface area (Å²) in [6.07, 6.45) is 5.39. The van der Waals surface area contributed by atoms with Gasteiger partial charge in [0, 0.05) is 17.5 Å². The average Bonchev–Trinajstić information content (AvgIpc) is 2.81. The van der Waals surface area contributed by atoms with Crippen LogP contribution < -0.4 is 0 Å².